The lowest BCUT2D eigenvalue weighted by Crippen LogP contribution is -2.49. The van der Waals surface area contributed by atoms with Gasteiger partial charge in [0.15, 0.2) is 0 Å². The van der Waals surface area contributed by atoms with E-state index in [2.05, 4.69) is 61.3 Å². The molecule has 0 saturated carbocycles. The van der Waals surface area contributed by atoms with E-state index in [1.54, 1.807) is 0 Å². The SMILES string of the molecule is COC(=O)CCNC[C@@H]1C[C@@H]2c3cc(C(C)(C)C)cc4[nH]cc(c34)C[C@H]2N(C)C1. The summed E-state index contributed by atoms with van der Waals surface area (Å²) in [6.45, 7) is 9.64. The lowest BCUT2D eigenvalue weighted by molar-refractivity contribution is -0.140. The zero-order valence-corrected chi connectivity index (χ0v) is 18.5. The maximum absolute atomic E-state index is 11.3. The molecule has 2 aliphatic rings. The molecule has 2 heterocycles. The number of aromatic amines is 1. The third-order valence-corrected chi connectivity index (χ3v) is 6.92. The van der Waals surface area contributed by atoms with Crippen LogP contribution in [0.3, 0.4) is 0 Å². The molecule has 4 rings (SSSR count). The van der Waals surface area contributed by atoms with Crippen molar-refractivity contribution in [2.45, 2.75) is 57.4 Å². The van der Waals surface area contributed by atoms with Gasteiger partial charge in [0.05, 0.1) is 13.5 Å². The van der Waals surface area contributed by atoms with E-state index in [1.807, 2.05) is 0 Å². The number of H-pyrrole nitrogens is 1. The van der Waals surface area contributed by atoms with E-state index in [4.69, 9.17) is 4.74 Å². The molecule has 0 radical (unpaired) electrons. The molecule has 1 aliphatic carbocycles. The number of methoxy groups -OCH3 is 1. The number of carbonyl (C=O) groups is 1. The molecule has 2 aromatic rings. The molecule has 1 aromatic carbocycles. The van der Waals surface area contributed by atoms with E-state index in [9.17, 15) is 4.79 Å². The lowest BCUT2D eigenvalue weighted by Gasteiger charge is -2.46. The van der Waals surface area contributed by atoms with Crippen molar-refractivity contribution in [1.29, 1.82) is 0 Å². The highest BCUT2D eigenvalue weighted by atomic mass is 16.5. The number of fused-ring (bicyclic) bond motifs is 2. The molecular weight excluding hydrogens is 362 g/mol. The van der Waals surface area contributed by atoms with Gasteiger partial charge in [-0.3, -0.25) is 4.79 Å². The number of rotatable bonds is 5. The number of hydrogen-bond acceptors (Lipinski definition) is 4. The first-order chi connectivity index (χ1) is 13.8. The first-order valence-corrected chi connectivity index (χ1v) is 10.9. The molecule has 2 N–H and O–H groups in total. The minimum Gasteiger partial charge on any atom is -0.469 e. The summed E-state index contributed by atoms with van der Waals surface area (Å²) in [4.78, 5) is 17.5. The highest BCUT2D eigenvalue weighted by Gasteiger charge is 2.39. The number of likely N-dealkylation sites (tertiary alicyclic amines) is 1. The Labute approximate surface area is 174 Å². The number of carbonyl (C=O) groups excluding carboxylic acids is 1. The fourth-order valence-electron chi connectivity index (χ4n) is 5.31. The van der Waals surface area contributed by atoms with E-state index in [1.165, 1.54) is 41.1 Å². The third kappa shape index (κ3) is 3.95. The van der Waals surface area contributed by atoms with Crippen LogP contribution in [-0.4, -0.2) is 55.7 Å². The van der Waals surface area contributed by atoms with Crippen molar-refractivity contribution in [3.63, 3.8) is 0 Å². The highest BCUT2D eigenvalue weighted by Crippen LogP contribution is 2.45. The lowest BCUT2D eigenvalue weighted by atomic mass is 9.71. The van der Waals surface area contributed by atoms with Gasteiger partial charge in [-0.15, -0.1) is 0 Å². The average molecular weight is 398 g/mol. The van der Waals surface area contributed by atoms with Gasteiger partial charge >= 0.3 is 5.97 Å². The Morgan fingerprint density at radius 3 is 2.86 bits per heavy atom. The number of hydrogen-bond donors (Lipinski definition) is 2. The van der Waals surface area contributed by atoms with Crippen LogP contribution in [0.25, 0.3) is 10.9 Å². The number of ether oxygens (including phenoxy) is 1. The fraction of sp³-hybridized carbons (Fsp3) is 0.625. The maximum atomic E-state index is 11.3. The van der Waals surface area contributed by atoms with Crippen molar-refractivity contribution >= 4 is 16.9 Å². The molecule has 1 saturated heterocycles. The summed E-state index contributed by atoms with van der Waals surface area (Å²) in [6.07, 6.45) is 5.00. The molecule has 1 aliphatic heterocycles. The molecule has 1 fully saturated rings. The van der Waals surface area contributed by atoms with Crippen LogP contribution in [0.15, 0.2) is 18.3 Å². The largest absolute Gasteiger partial charge is 0.469 e. The van der Waals surface area contributed by atoms with Crippen LogP contribution in [0.2, 0.25) is 0 Å². The number of nitrogens with zero attached hydrogens (tertiary/aromatic N) is 1. The van der Waals surface area contributed by atoms with Crippen molar-refractivity contribution in [2.24, 2.45) is 5.92 Å². The molecule has 5 nitrogen and oxygen atoms in total. The van der Waals surface area contributed by atoms with Crippen LogP contribution in [0.4, 0.5) is 0 Å². The monoisotopic (exact) mass is 397 g/mol. The summed E-state index contributed by atoms with van der Waals surface area (Å²) in [5, 5.41) is 4.94. The second-order valence-corrected chi connectivity index (χ2v) is 10.0. The standard InChI is InChI=1S/C24H35N3O2/c1-24(2,3)17-10-19-18-8-15(12-25-7-6-22(28)29-5)14-27(4)21(18)9-16-13-26-20(11-17)23(16)19/h10-11,13,15,18,21,25-26H,6-9,12,14H2,1-5H3/t15-,18+,21+/m0/s1. The van der Waals surface area contributed by atoms with Gasteiger partial charge in [0, 0.05) is 42.1 Å². The zero-order valence-electron chi connectivity index (χ0n) is 18.5. The summed E-state index contributed by atoms with van der Waals surface area (Å²) >= 11 is 0. The molecular formula is C24H35N3O2. The predicted octanol–water partition coefficient (Wildman–Crippen LogP) is 3.58. The highest BCUT2D eigenvalue weighted by molar-refractivity contribution is 5.89. The second kappa shape index (κ2) is 7.77. The van der Waals surface area contributed by atoms with Gasteiger partial charge in [-0.1, -0.05) is 26.8 Å². The van der Waals surface area contributed by atoms with Crippen molar-refractivity contribution in [3.8, 4) is 0 Å². The average Bonchev–Trinajstić information content (AvgIpc) is 3.09. The van der Waals surface area contributed by atoms with E-state index in [-0.39, 0.29) is 11.4 Å². The Morgan fingerprint density at radius 1 is 1.34 bits per heavy atom. The summed E-state index contributed by atoms with van der Waals surface area (Å²) in [7, 11) is 3.73. The Kier molecular flexibility index (Phi) is 5.47. The fourth-order valence-corrected chi connectivity index (χ4v) is 5.31. The molecule has 0 spiro atoms. The summed E-state index contributed by atoms with van der Waals surface area (Å²) in [5.41, 5.74) is 5.85. The van der Waals surface area contributed by atoms with Crippen molar-refractivity contribution in [3.05, 3.63) is 35.0 Å². The summed E-state index contributed by atoms with van der Waals surface area (Å²) in [6, 6.07) is 5.40. The molecule has 0 amide bonds. The van der Waals surface area contributed by atoms with E-state index >= 15 is 0 Å². The third-order valence-electron chi connectivity index (χ3n) is 6.92. The molecule has 0 unspecified atom stereocenters. The number of likely N-dealkylation sites (N-methyl/N-ethyl adjacent to an activating group) is 1. The summed E-state index contributed by atoms with van der Waals surface area (Å²) in [5.74, 6) is 1.01. The Bertz CT molecular complexity index is 895. The van der Waals surface area contributed by atoms with Gasteiger partial charge in [0.25, 0.3) is 0 Å². The van der Waals surface area contributed by atoms with Gasteiger partial charge < -0.3 is 19.9 Å². The Balaban J connectivity index is 1.57. The first-order valence-electron chi connectivity index (χ1n) is 10.9. The van der Waals surface area contributed by atoms with Crippen LogP contribution in [0.5, 0.6) is 0 Å². The number of piperidine rings is 1. The van der Waals surface area contributed by atoms with Crippen LogP contribution in [-0.2, 0) is 21.4 Å². The molecule has 3 atom stereocenters. The topological polar surface area (TPSA) is 57.4 Å². The van der Waals surface area contributed by atoms with Gasteiger partial charge in [0.1, 0.15) is 0 Å². The van der Waals surface area contributed by atoms with Crippen LogP contribution < -0.4 is 5.32 Å². The first kappa shape index (κ1) is 20.4. The van der Waals surface area contributed by atoms with Crippen molar-refractivity contribution < 1.29 is 9.53 Å². The normalized spacial score (nSPS) is 24.5. The number of esters is 1. The number of nitrogens with one attached hydrogen (secondary N) is 2. The Morgan fingerprint density at radius 2 is 2.14 bits per heavy atom. The zero-order chi connectivity index (χ0) is 20.8. The minimum atomic E-state index is -0.146. The maximum Gasteiger partial charge on any atom is 0.306 e. The van der Waals surface area contributed by atoms with Crippen molar-refractivity contribution in [1.82, 2.24) is 15.2 Å². The van der Waals surface area contributed by atoms with Crippen LogP contribution >= 0.6 is 0 Å². The number of aromatic nitrogens is 1. The molecule has 29 heavy (non-hydrogen) atoms. The number of benzene rings is 1. The van der Waals surface area contributed by atoms with Gasteiger partial charge in [-0.25, -0.2) is 0 Å². The van der Waals surface area contributed by atoms with E-state index in [0.29, 0.717) is 30.8 Å². The van der Waals surface area contributed by atoms with Crippen LogP contribution in [0, 0.1) is 5.92 Å². The quantitative estimate of drug-likeness (QED) is 0.598. The minimum absolute atomic E-state index is 0.137. The van der Waals surface area contributed by atoms with Crippen LogP contribution in [0.1, 0.15) is 56.2 Å². The Hall–Kier alpha value is -1.85. The molecule has 5 heteroatoms. The van der Waals surface area contributed by atoms with Gasteiger partial charge in [0.2, 0.25) is 0 Å². The van der Waals surface area contributed by atoms with Crippen molar-refractivity contribution in [2.75, 3.05) is 33.8 Å². The predicted molar refractivity (Wildman–Crippen MR) is 117 cm³/mol. The van der Waals surface area contributed by atoms with Gasteiger partial charge in [-0.2, -0.15) is 0 Å². The van der Waals surface area contributed by atoms with E-state index in [0.717, 1.165) is 19.5 Å². The van der Waals surface area contributed by atoms with E-state index < -0.39 is 0 Å². The second-order valence-electron chi connectivity index (χ2n) is 10.0. The van der Waals surface area contributed by atoms with Gasteiger partial charge in [-0.05, 0) is 60.5 Å². The molecule has 158 valence electrons. The molecule has 0 bridgehead atoms. The molecule has 1 aromatic heterocycles. The summed E-state index contributed by atoms with van der Waals surface area (Å²) < 4.78 is 4.74. The smallest absolute Gasteiger partial charge is 0.306 e.